The van der Waals surface area contributed by atoms with E-state index < -0.39 is 12.0 Å². The van der Waals surface area contributed by atoms with Gasteiger partial charge in [0.15, 0.2) is 23.4 Å². The summed E-state index contributed by atoms with van der Waals surface area (Å²) in [7, 11) is 4.63. The van der Waals surface area contributed by atoms with E-state index in [4.69, 9.17) is 14.2 Å². The number of benzene rings is 1. The summed E-state index contributed by atoms with van der Waals surface area (Å²) in [5.41, 5.74) is 0. The zero-order valence-electron chi connectivity index (χ0n) is 14.0. The molecule has 25 heavy (non-hydrogen) atoms. The second-order valence-electron chi connectivity index (χ2n) is 5.14. The minimum atomic E-state index is -1.02. The van der Waals surface area contributed by atoms with Gasteiger partial charge < -0.3 is 19.3 Å². The number of aliphatic carboxylic acids is 1. The van der Waals surface area contributed by atoms with E-state index in [1.54, 1.807) is 14.2 Å². The number of hydrogen-bond acceptors (Lipinski definition) is 8. The second-order valence-corrected chi connectivity index (χ2v) is 6.19. The van der Waals surface area contributed by atoms with Crippen LogP contribution >= 0.6 is 11.3 Å². The molecule has 0 bridgehead atoms. The number of aromatic nitrogens is 4. The second kappa shape index (κ2) is 6.55. The van der Waals surface area contributed by atoms with Crippen LogP contribution in [-0.2, 0) is 4.79 Å². The molecule has 0 amide bonds. The van der Waals surface area contributed by atoms with E-state index in [2.05, 4.69) is 15.5 Å². The van der Waals surface area contributed by atoms with Gasteiger partial charge in [0.25, 0.3) is 0 Å². The number of fused-ring (bicyclic) bond motifs is 1. The highest BCUT2D eigenvalue weighted by atomic mass is 32.1. The average molecular weight is 364 g/mol. The third kappa shape index (κ3) is 2.74. The molecule has 1 unspecified atom stereocenters. The third-order valence-corrected chi connectivity index (χ3v) is 4.89. The summed E-state index contributed by atoms with van der Waals surface area (Å²) >= 11 is 1.38. The summed E-state index contributed by atoms with van der Waals surface area (Å²) in [6.45, 7) is 1.52. The number of hydrogen-bond donors (Lipinski definition) is 1. The lowest BCUT2D eigenvalue weighted by Crippen LogP contribution is -2.17. The first-order valence-electron chi connectivity index (χ1n) is 7.25. The van der Waals surface area contributed by atoms with Gasteiger partial charge in [-0.2, -0.15) is 0 Å². The first-order valence-corrected chi connectivity index (χ1v) is 8.07. The number of methoxy groups -OCH3 is 3. The van der Waals surface area contributed by atoms with Crippen molar-refractivity contribution in [1.82, 2.24) is 20.2 Å². The van der Waals surface area contributed by atoms with Gasteiger partial charge >= 0.3 is 5.97 Å². The van der Waals surface area contributed by atoms with Gasteiger partial charge in [0.2, 0.25) is 5.75 Å². The van der Waals surface area contributed by atoms with Gasteiger partial charge in [0, 0.05) is 5.39 Å². The van der Waals surface area contributed by atoms with Gasteiger partial charge in [-0.3, -0.25) is 0 Å². The minimum Gasteiger partial charge on any atom is -0.493 e. The predicted molar refractivity (Wildman–Crippen MR) is 90.6 cm³/mol. The molecule has 1 atom stereocenters. The zero-order chi connectivity index (χ0) is 18.1. The van der Waals surface area contributed by atoms with Crippen LogP contribution in [0.2, 0.25) is 0 Å². The van der Waals surface area contributed by atoms with Crippen molar-refractivity contribution in [3.8, 4) is 28.0 Å². The molecule has 0 aliphatic heterocycles. The van der Waals surface area contributed by atoms with Crippen LogP contribution in [0.25, 0.3) is 20.8 Å². The van der Waals surface area contributed by atoms with Gasteiger partial charge in [0.1, 0.15) is 0 Å². The Hall–Kier alpha value is -2.88. The Balaban J connectivity index is 2.21. The van der Waals surface area contributed by atoms with E-state index in [0.717, 1.165) is 10.1 Å². The maximum absolute atomic E-state index is 11.3. The number of rotatable bonds is 6. The molecule has 1 N–H and O–H groups in total. The third-order valence-electron chi connectivity index (χ3n) is 3.75. The van der Waals surface area contributed by atoms with Crippen LogP contribution in [0.3, 0.4) is 0 Å². The van der Waals surface area contributed by atoms with Crippen LogP contribution in [0.4, 0.5) is 0 Å². The van der Waals surface area contributed by atoms with Gasteiger partial charge in [-0.15, -0.1) is 16.4 Å². The quantitative estimate of drug-likeness (QED) is 0.709. The lowest BCUT2D eigenvalue weighted by Gasteiger charge is -2.12. The van der Waals surface area contributed by atoms with Crippen molar-refractivity contribution in [2.75, 3.05) is 21.3 Å². The summed E-state index contributed by atoms with van der Waals surface area (Å²) in [4.78, 5) is 12.0. The van der Waals surface area contributed by atoms with Gasteiger partial charge in [0.05, 0.1) is 30.9 Å². The summed E-state index contributed by atoms with van der Waals surface area (Å²) in [6, 6.07) is 2.80. The van der Waals surface area contributed by atoms with Crippen molar-refractivity contribution in [2.45, 2.75) is 13.0 Å². The molecule has 9 nitrogen and oxygen atoms in total. The van der Waals surface area contributed by atoms with E-state index in [1.165, 1.54) is 30.1 Å². The van der Waals surface area contributed by atoms with Crippen molar-refractivity contribution in [3.05, 3.63) is 12.1 Å². The largest absolute Gasteiger partial charge is 0.493 e. The lowest BCUT2D eigenvalue weighted by molar-refractivity contribution is -0.140. The molecule has 3 rings (SSSR count). The highest BCUT2D eigenvalue weighted by molar-refractivity contribution is 7.22. The van der Waals surface area contributed by atoms with Crippen molar-refractivity contribution in [3.63, 3.8) is 0 Å². The number of nitrogens with zero attached hydrogens (tertiary/aromatic N) is 4. The Bertz CT molecular complexity index is 936. The summed E-state index contributed by atoms with van der Waals surface area (Å²) in [5, 5.41) is 21.4. The van der Waals surface area contributed by atoms with Crippen LogP contribution < -0.4 is 14.2 Å². The molecule has 0 spiro atoms. The Morgan fingerprint density at radius 3 is 2.52 bits per heavy atom. The molecule has 0 fully saturated rings. The maximum atomic E-state index is 11.3. The number of carboxylic acids is 1. The Labute approximate surface area is 146 Å². The molecule has 0 radical (unpaired) electrons. The number of carboxylic acid groups (broad SMARTS) is 1. The van der Waals surface area contributed by atoms with Gasteiger partial charge in [-0.1, -0.05) is 0 Å². The molecule has 0 saturated heterocycles. The van der Waals surface area contributed by atoms with Crippen molar-refractivity contribution >= 4 is 27.4 Å². The van der Waals surface area contributed by atoms with E-state index in [1.807, 2.05) is 12.1 Å². The highest BCUT2D eigenvalue weighted by Crippen LogP contribution is 2.48. The maximum Gasteiger partial charge on any atom is 0.328 e. The Morgan fingerprint density at radius 1 is 1.20 bits per heavy atom. The van der Waals surface area contributed by atoms with E-state index >= 15 is 0 Å². The Morgan fingerprint density at radius 2 is 1.92 bits per heavy atom. The normalized spacial score (nSPS) is 12.2. The number of carbonyl (C=O) groups is 1. The van der Waals surface area contributed by atoms with Crippen LogP contribution in [0, 0.1) is 0 Å². The molecule has 3 aromatic rings. The molecule has 0 aliphatic rings. The van der Waals surface area contributed by atoms with Crippen LogP contribution in [0.5, 0.6) is 17.2 Å². The highest BCUT2D eigenvalue weighted by Gasteiger charge is 2.24. The average Bonchev–Trinajstić information content (AvgIpc) is 3.24. The number of tetrazole rings is 1. The summed E-state index contributed by atoms with van der Waals surface area (Å²) in [5.74, 6) is 0.921. The SMILES string of the molecule is COc1cc2cc(-c3nnnn3C(C)C(=O)O)sc2c(OC)c1OC. The fourth-order valence-corrected chi connectivity index (χ4v) is 3.61. The number of thiophene rings is 1. The first-order chi connectivity index (χ1) is 12.0. The van der Waals surface area contributed by atoms with E-state index in [0.29, 0.717) is 28.0 Å². The molecule has 0 saturated carbocycles. The molecule has 2 heterocycles. The summed E-state index contributed by atoms with van der Waals surface area (Å²) in [6.07, 6.45) is 0. The van der Waals surface area contributed by atoms with E-state index in [9.17, 15) is 9.90 Å². The number of ether oxygens (including phenoxy) is 3. The standard InChI is InChI=1S/C15H16N4O5S/c1-7(15(20)21)19-14(16-17-18-19)10-6-8-5-9(22-2)11(23-3)12(24-4)13(8)25-10/h5-7H,1-4H3,(H,20,21). The molecular formula is C15H16N4O5S. The molecule has 10 heteroatoms. The lowest BCUT2D eigenvalue weighted by atomic mass is 10.2. The van der Waals surface area contributed by atoms with Crippen molar-refractivity contribution in [1.29, 1.82) is 0 Å². The topological polar surface area (TPSA) is 109 Å². The smallest absolute Gasteiger partial charge is 0.328 e. The van der Waals surface area contributed by atoms with Gasteiger partial charge in [-0.25, -0.2) is 9.48 Å². The minimum absolute atomic E-state index is 0.371. The van der Waals surface area contributed by atoms with E-state index in [-0.39, 0.29) is 0 Å². The molecule has 132 valence electrons. The zero-order valence-corrected chi connectivity index (χ0v) is 14.8. The first kappa shape index (κ1) is 17.0. The monoisotopic (exact) mass is 364 g/mol. The van der Waals surface area contributed by atoms with Crippen molar-refractivity contribution in [2.24, 2.45) is 0 Å². The fourth-order valence-electron chi connectivity index (χ4n) is 2.47. The molecular weight excluding hydrogens is 348 g/mol. The molecule has 1 aromatic carbocycles. The van der Waals surface area contributed by atoms with Crippen LogP contribution in [0.1, 0.15) is 13.0 Å². The van der Waals surface area contributed by atoms with Gasteiger partial charge in [-0.05, 0) is 29.5 Å². The fraction of sp³-hybridized carbons (Fsp3) is 0.333. The summed E-state index contributed by atoms with van der Waals surface area (Å²) < 4.78 is 18.3. The van der Waals surface area contributed by atoms with Crippen LogP contribution in [0.15, 0.2) is 12.1 Å². The van der Waals surface area contributed by atoms with Crippen molar-refractivity contribution < 1.29 is 24.1 Å². The predicted octanol–water partition coefficient (Wildman–Crippen LogP) is 2.23. The molecule has 2 aromatic heterocycles. The molecule has 0 aliphatic carbocycles. The Kier molecular flexibility index (Phi) is 4.45. The van der Waals surface area contributed by atoms with Crippen LogP contribution in [-0.4, -0.2) is 52.6 Å².